The molecule has 0 fully saturated rings. The highest BCUT2D eigenvalue weighted by Gasteiger charge is 2.21. The molecule has 0 bridgehead atoms. The lowest BCUT2D eigenvalue weighted by atomic mass is 9.89. The first kappa shape index (κ1) is 14.4. The van der Waals surface area contributed by atoms with Crippen LogP contribution < -0.4 is 5.32 Å². The molecule has 0 amide bonds. The third-order valence-corrected chi connectivity index (χ3v) is 3.57. The maximum absolute atomic E-state index is 11.7. The van der Waals surface area contributed by atoms with Gasteiger partial charge in [0.15, 0.2) is 5.78 Å². The Morgan fingerprint density at radius 3 is 2.76 bits per heavy atom. The van der Waals surface area contributed by atoms with E-state index in [1.165, 1.54) is 11.3 Å². The van der Waals surface area contributed by atoms with E-state index >= 15 is 0 Å². The Bertz CT molecular complexity index is 341. The van der Waals surface area contributed by atoms with Crippen molar-refractivity contribution in [2.75, 3.05) is 13.1 Å². The first-order valence-corrected chi connectivity index (χ1v) is 6.74. The number of aliphatic hydroxyl groups excluding tert-OH is 1. The van der Waals surface area contributed by atoms with E-state index in [1.807, 2.05) is 38.3 Å². The molecule has 3 nitrogen and oxygen atoms in total. The van der Waals surface area contributed by atoms with Crippen molar-refractivity contribution in [2.24, 2.45) is 5.41 Å². The van der Waals surface area contributed by atoms with Gasteiger partial charge in [0.1, 0.15) is 0 Å². The summed E-state index contributed by atoms with van der Waals surface area (Å²) in [5.74, 6) is 0.165. The average Bonchev–Trinajstić information content (AvgIpc) is 2.75. The molecule has 0 aliphatic heterocycles. The summed E-state index contributed by atoms with van der Waals surface area (Å²) >= 11 is 1.47. The molecule has 0 aliphatic carbocycles. The number of carbonyl (C=O) groups is 1. The molecular weight excluding hydrogens is 234 g/mol. The predicted molar refractivity (Wildman–Crippen MR) is 71.6 cm³/mol. The molecule has 0 saturated carbocycles. The fourth-order valence-corrected chi connectivity index (χ4v) is 2.00. The molecule has 1 aromatic rings. The van der Waals surface area contributed by atoms with Crippen LogP contribution in [-0.4, -0.2) is 30.1 Å². The van der Waals surface area contributed by atoms with Crippen molar-refractivity contribution in [3.8, 4) is 0 Å². The molecule has 1 atom stereocenters. The van der Waals surface area contributed by atoms with Crippen LogP contribution in [-0.2, 0) is 0 Å². The quantitative estimate of drug-likeness (QED) is 0.606. The van der Waals surface area contributed by atoms with Gasteiger partial charge in [-0.3, -0.25) is 4.79 Å². The minimum absolute atomic E-state index is 0.120. The zero-order valence-corrected chi connectivity index (χ0v) is 11.5. The van der Waals surface area contributed by atoms with Gasteiger partial charge in [0.25, 0.3) is 0 Å². The summed E-state index contributed by atoms with van der Waals surface area (Å²) in [7, 11) is 0. The van der Waals surface area contributed by atoms with Crippen LogP contribution in [0.25, 0.3) is 0 Å². The highest BCUT2D eigenvalue weighted by atomic mass is 32.1. The lowest BCUT2D eigenvalue weighted by Gasteiger charge is -2.25. The van der Waals surface area contributed by atoms with Crippen LogP contribution in [0.5, 0.6) is 0 Å². The van der Waals surface area contributed by atoms with Crippen molar-refractivity contribution in [2.45, 2.75) is 33.3 Å². The van der Waals surface area contributed by atoms with Gasteiger partial charge < -0.3 is 10.4 Å². The lowest BCUT2D eigenvalue weighted by molar-refractivity contribution is 0.0628. The van der Waals surface area contributed by atoms with E-state index < -0.39 is 0 Å². The summed E-state index contributed by atoms with van der Waals surface area (Å²) in [5.41, 5.74) is -0.120. The minimum Gasteiger partial charge on any atom is -0.391 e. The first-order chi connectivity index (χ1) is 7.91. The molecule has 1 rings (SSSR count). The number of aliphatic hydroxyl groups is 1. The summed E-state index contributed by atoms with van der Waals surface area (Å²) in [6.07, 6.45) is 0.0940. The van der Waals surface area contributed by atoms with Gasteiger partial charge in [0.05, 0.1) is 11.0 Å². The Morgan fingerprint density at radius 2 is 2.24 bits per heavy atom. The monoisotopic (exact) mass is 255 g/mol. The van der Waals surface area contributed by atoms with Gasteiger partial charge in [-0.1, -0.05) is 26.8 Å². The summed E-state index contributed by atoms with van der Waals surface area (Å²) in [6.45, 7) is 7.13. The van der Waals surface area contributed by atoms with E-state index in [0.717, 1.165) is 4.88 Å². The van der Waals surface area contributed by atoms with Gasteiger partial charge in [-0.25, -0.2) is 0 Å². The fourth-order valence-electron chi connectivity index (χ4n) is 1.31. The maximum Gasteiger partial charge on any atom is 0.174 e. The van der Waals surface area contributed by atoms with Gasteiger partial charge in [0.2, 0.25) is 0 Å². The van der Waals surface area contributed by atoms with Gasteiger partial charge in [-0.05, 0) is 16.9 Å². The third-order valence-electron chi connectivity index (χ3n) is 2.66. The summed E-state index contributed by atoms with van der Waals surface area (Å²) in [4.78, 5) is 12.5. The molecule has 1 aromatic heterocycles. The van der Waals surface area contributed by atoms with Gasteiger partial charge in [-0.15, -0.1) is 11.3 Å². The molecule has 0 saturated heterocycles. The van der Waals surface area contributed by atoms with Gasteiger partial charge >= 0.3 is 0 Å². The number of thiophene rings is 1. The van der Waals surface area contributed by atoms with E-state index in [2.05, 4.69) is 5.32 Å². The van der Waals surface area contributed by atoms with Crippen LogP contribution in [0.1, 0.15) is 36.9 Å². The number of rotatable bonds is 6. The van der Waals surface area contributed by atoms with E-state index in [9.17, 15) is 9.90 Å². The lowest BCUT2D eigenvalue weighted by Crippen LogP contribution is -2.37. The number of ketones is 1. The smallest absolute Gasteiger partial charge is 0.174 e. The number of Topliss-reactive ketones (excluding diaryl/α,β-unsaturated/α-hetero) is 1. The Kier molecular flexibility index (Phi) is 5.31. The maximum atomic E-state index is 11.7. The van der Waals surface area contributed by atoms with Crippen LogP contribution in [0, 0.1) is 5.41 Å². The molecule has 4 heteroatoms. The van der Waals surface area contributed by atoms with Crippen LogP contribution in [0.4, 0.5) is 0 Å². The second-order valence-electron chi connectivity index (χ2n) is 5.24. The Hall–Kier alpha value is -0.710. The molecule has 0 aliphatic rings. The molecule has 96 valence electrons. The van der Waals surface area contributed by atoms with Crippen molar-refractivity contribution in [1.82, 2.24) is 5.32 Å². The molecular formula is C13H21NO2S. The second kappa shape index (κ2) is 6.28. The van der Waals surface area contributed by atoms with E-state index in [-0.39, 0.29) is 17.3 Å². The zero-order chi connectivity index (χ0) is 12.9. The number of carbonyl (C=O) groups excluding carboxylic acids is 1. The molecule has 0 spiro atoms. The Labute approximate surface area is 107 Å². The van der Waals surface area contributed by atoms with Crippen LogP contribution in [0.3, 0.4) is 0 Å². The second-order valence-corrected chi connectivity index (χ2v) is 6.18. The fraction of sp³-hybridized carbons (Fsp3) is 0.615. The summed E-state index contributed by atoms with van der Waals surface area (Å²) in [5, 5.41) is 14.8. The van der Waals surface area contributed by atoms with Crippen LogP contribution in [0.2, 0.25) is 0 Å². The number of nitrogens with one attached hydrogen (secondary N) is 1. The predicted octanol–water partition coefficient (Wildman–Crippen LogP) is 2.32. The van der Waals surface area contributed by atoms with Gasteiger partial charge in [0, 0.05) is 19.5 Å². The third kappa shape index (κ3) is 4.98. The van der Waals surface area contributed by atoms with Crippen molar-refractivity contribution in [1.29, 1.82) is 0 Å². The van der Waals surface area contributed by atoms with Crippen LogP contribution >= 0.6 is 11.3 Å². The minimum atomic E-state index is -0.390. The highest BCUT2D eigenvalue weighted by molar-refractivity contribution is 7.12. The van der Waals surface area contributed by atoms with E-state index in [4.69, 9.17) is 0 Å². The average molecular weight is 255 g/mol. The number of hydrogen-bond acceptors (Lipinski definition) is 4. The molecule has 0 radical (unpaired) electrons. The van der Waals surface area contributed by atoms with Crippen molar-refractivity contribution in [3.05, 3.63) is 22.4 Å². The SMILES string of the molecule is CC(C)(C)C(O)CNCCC(=O)c1cccs1. The highest BCUT2D eigenvalue weighted by Crippen LogP contribution is 2.18. The van der Waals surface area contributed by atoms with Crippen molar-refractivity contribution < 1.29 is 9.90 Å². The Balaban J connectivity index is 2.19. The molecule has 1 heterocycles. The topological polar surface area (TPSA) is 49.3 Å². The Morgan fingerprint density at radius 1 is 1.53 bits per heavy atom. The zero-order valence-electron chi connectivity index (χ0n) is 10.7. The van der Waals surface area contributed by atoms with E-state index in [0.29, 0.717) is 19.5 Å². The van der Waals surface area contributed by atoms with Crippen molar-refractivity contribution >= 4 is 17.1 Å². The standard InChI is InChI=1S/C13H21NO2S/c1-13(2,3)12(16)9-14-7-6-10(15)11-5-4-8-17-11/h4-5,8,12,14,16H,6-7,9H2,1-3H3. The molecule has 0 aromatic carbocycles. The van der Waals surface area contributed by atoms with E-state index in [1.54, 1.807) is 0 Å². The molecule has 2 N–H and O–H groups in total. The number of hydrogen-bond donors (Lipinski definition) is 2. The molecule has 17 heavy (non-hydrogen) atoms. The summed E-state index contributed by atoms with van der Waals surface area (Å²) in [6, 6.07) is 3.73. The normalized spacial score (nSPS) is 13.6. The first-order valence-electron chi connectivity index (χ1n) is 5.87. The largest absolute Gasteiger partial charge is 0.391 e. The van der Waals surface area contributed by atoms with Gasteiger partial charge in [-0.2, -0.15) is 0 Å². The van der Waals surface area contributed by atoms with Crippen LogP contribution in [0.15, 0.2) is 17.5 Å². The van der Waals surface area contributed by atoms with Crippen molar-refractivity contribution in [3.63, 3.8) is 0 Å². The molecule has 1 unspecified atom stereocenters. The summed E-state index contributed by atoms with van der Waals surface area (Å²) < 4.78 is 0.